The molecule has 1 saturated heterocycles. The minimum atomic E-state index is -1.75. The Hall–Kier alpha value is -4.11. The number of benzene rings is 1. The summed E-state index contributed by atoms with van der Waals surface area (Å²) in [6, 6.07) is 5.06. The lowest BCUT2D eigenvalue weighted by Crippen LogP contribution is -2.63. The summed E-state index contributed by atoms with van der Waals surface area (Å²) in [6.45, 7) is 3.74. The molecule has 0 N–H and O–H groups in total. The summed E-state index contributed by atoms with van der Waals surface area (Å²) in [5, 5.41) is 2.70. The van der Waals surface area contributed by atoms with Crippen LogP contribution in [0.4, 0.5) is 10.5 Å². The van der Waals surface area contributed by atoms with E-state index in [9.17, 15) is 28.9 Å². The van der Waals surface area contributed by atoms with Crippen molar-refractivity contribution in [3.8, 4) is 5.75 Å². The van der Waals surface area contributed by atoms with Gasteiger partial charge in [-0.1, -0.05) is 0 Å². The number of esters is 4. The van der Waals surface area contributed by atoms with E-state index in [1.54, 1.807) is 0 Å². The van der Waals surface area contributed by atoms with Crippen molar-refractivity contribution in [2.24, 2.45) is 5.18 Å². The molecule has 1 aromatic carbocycles. The minimum Gasteiger partial charge on any atom is -0.463 e. The molecule has 0 aliphatic carbocycles. The molecule has 0 aromatic heterocycles. The summed E-state index contributed by atoms with van der Waals surface area (Å²) in [6.07, 6.45) is -8.98. The number of nitrogens with zero attached hydrogens (tertiary/aromatic N) is 1. The second kappa shape index (κ2) is 13.1. The van der Waals surface area contributed by atoms with E-state index in [4.69, 9.17) is 33.3 Å². The third kappa shape index (κ3) is 8.59. The molecule has 196 valence electrons. The van der Waals surface area contributed by atoms with Crippen molar-refractivity contribution < 1.29 is 62.2 Å². The maximum atomic E-state index is 12.1. The number of ether oxygens (including phenoxy) is 6. The van der Waals surface area contributed by atoms with Gasteiger partial charge in [0.15, 0.2) is 18.3 Å². The van der Waals surface area contributed by atoms with Gasteiger partial charge < -0.3 is 28.4 Å². The quantitative estimate of drug-likeness (QED) is 0.116. The van der Waals surface area contributed by atoms with Gasteiger partial charge in [-0.3, -0.25) is 24.1 Å². The van der Waals surface area contributed by atoms with Gasteiger partial charge in [0, 0.05) is 27.7 Å². The number of hydrogen-bond donors (Lipinski definition) is 0. The lowest BCUT2D eigenvalue weighted by atomic mass is 9.98. The standard InChI is InChI=1S/C21H23NO14/c1-10(23)29-9-16-17(30-11(2)24)18(31-12(3)25)19(32-13(4)26)20(34-16)35-36-21(27)33-15-7-5-14(22-28)6-8-15/h5-8,16-20H,9H2,1-4H3/t16-,17+,18+,19-,20+/m1/s1. The van der Waals surface area contributed by atoms with Gasteiger partial charge in [0.2, 0.25) is 6.29 Å². The zero-order chi connectivity index (χ0) is 26.8. The summed E-state index contributed by atoms with van der Waals surface area (Å²) < 4.78 is 30.9. The molecule has 1 fully saturated rings. The van der Waals surface area contributed by atoms with E-state index in [1.165, 1.54) is 24.3 Å². The monoisotopic (exact) mass is 513 g/mol. The van der Waals surface area contributed by atoms with Crippen molar-refractivity contribution in [2.45, 2.75) is 58.4 Å². The largest absolute Gasteiger partial charge is 0.546 e. The molecule has 1 aliphatic heterocycles. The summed E-state index contributed by atoms with van der Waals surface area (Å²) in [4.78, 5) is 78.6. The van der Waals surface area contributed by atoms with E-state index in [-0.39, 0.29) is 11.4 Å². The average molecular weight is 513 g/mol. The van der Waals surface area contributed by atoms with E-state index in [1.807, 2.05) is 0 Å². The Morgan fingerprint density at radius 1 is 0.806 bits per heavy atom. The Kier molecular flexibility index (Phi) is 10.2. The van der Waals surface area contributed by atoms with Gasteiger partial charge in [-0.2, -0.15) is 0 Å². The molecule has 0 spiro atoms. The highest BCUT2D eigenvalue weighted by Gasteiger charge is 2.53. The highest BCUT2D eigenvalue weighted by Crippen LogP contribution is 2.30. The van der Waals surface area contributed by atoms with Crippen LogP contribution in [-0.4, -0.2) is 67.3 Å². The van der Waals surface area contributed by atoms with Crippen LogP contribution in [0, 0.1) is 4.91 Å². The molecule has 0 radical (unpaired) electrons. The van der Waals surface area contributed by atoms with Crippen LogP contribution in [0.3, 0.4) is 0 Å². The Morgan fingerprint density at radius 2 is 1.36 bits per heavy atom. The number of carbonyl (C=O) groups is 5. The molecule has 0 amide bonds. The lowest BCUT2D eigenvalue weighted by Gasteiger charge is -2.43. The van der Waals surface area contributed by atoms with Crippen LogP contribution in [-0.2, 0) is 52.6 Å². The zero-order valence-electron chi connectivity index (χ0n) is 19.6. The van der Waals surface area contributed by atoms with Crippen molar-refractivity contribution in [3.05, 3.63) is 29.2 Å². The smallest absolute Gasteiger partial charge is 0.463 e. The van der Waals surface area contributed by atoms with Crippen molar-refractivity contribution in [1.29, 1.82) is 0 Å². The molecule has 15 heteroatoms. The average Bonchev–Trinajstić information content (AvgIpc) is 2.79. The van der Waals surface area contributed by atoms with Gasteiger partial charge in [0.1, 0.15) is 24.1 Å². The topological polar surface area (TPSA) is 189 Å². The fourth-order valence-electron chi connectivity index (χ4n) is 3.04. The minimum absolute atomic E-state index is 0.0301. The molecule has 36 heavy (non-hydrogen) atoms. The summed E-state index contributed by atoms with van der Waals surface area (Å²) in [5.74, 6) is -3.28. The van der Waals surface area contributed by atoms with Crippen molar-refractivity contribution >= 4 is 35.7 Å². The predicted molar refractivity (Wildman–Crippen MR) is 112 cm³/mol. The Balaban J connectivity index is 2.25. The molecule has 0 saturated carbocycles. The molecule has 0 unspecified atom stereocenters. The third-order valence-corrected chi connectivity index (χ3v) is 4.30. The van der Waals surface area contributed by atoms with Gasteiger partial charge in [0.05, 0.1) is 0 Å². The molecular weight excluding hydrogens is 490 g/mol. The van der Waals surface area contributed by atoms with Crippen molar-refractivity contribution in [1.82, 2.24) is 0 Å². The Morgan fingerprint density at radius 3 is 1.89 bits per heavy atom. The van der Waals surface area contributed by atoms with E-state index in [2.05, 4.69) is 10.1 Å². The van der Waals surface area contributed by atoms with E-state index < -0.39 is 67.3 Å². The van der Waals surface area contributed by atoms with E-state index in [0.29, 0.717) is 0 Å². The first-order chi connectivity index (χ1) is 17.0. The molecule has 0 bridgehead atoms. The SMILES string of the molecule is CC(=O)OC[C@H]1O[C@@H](OOC(=O)Oc2ccc(N=O)cc2)[C@H](OC(C)=O)[C@@H](OC(C)=O)[C@H]1OC(C)=O. The number of carbonyl (C=O) groups excluding carboxylic acids is 5. The Bertz CT molecular complexity index is 977. The fraction of sp³-hybridized carbons (Fsp3) is 0.476. The summed E-state index contributed by atoms with van der Waals surface area (Å²) in [5.41, 5.74) is 0.0875. The fourth-order valence-corrected chi connectivity index (χ4v) is 3.04. The highest BCUT2D eigenvalue weighted by molar-refractivity contribution is 5.69. The number of nitroso groups, excluding NO2 is 1. The van der Waals surface area contributed by atoms with Crippen LogP contribution in [0.25, 0.3) is 0 Å². The van der Waals surface area contributed by atoms with Crippen LogP contribution < -0.4 is 4.74 Å². The van der Waals surface area contributed by atoms with Gasteiger partial charge in [-0.25, -0.2) is 4.79 Å². The third-order valence-electron chi connectivity index (χ3n) is 4.30. The molecule has 1 aromatic rings. The van der Waals surface area contributed by atoms with E-state index in [0.717, 1.165) is 27.7 Å². The normalized spacial score (nSPS) is 22.9. The van der Waals surface area contributed by atoms with Crippen molar-refractivity contribution in [3.63, 3.8) is 0 Å². The molecule has 1 heterocycles. The van der Waals surface area contributed by atoms with Crippen LogP contribution in [0.1, 0.15) is 27.7 Å². The maximum Gasteiger partial charge on any atom is 0.546 e. The highest BCUT2D eigenvalue weighted by atomic mass is 17.3. The van der Waals surface area contributed by atoms with E-state index >= 15 is 0 Å². The first-order valence-electron chi connectivity index (χ1n) is 10.3. The van der Waals surface area contributed by atoms with Gasteiger partial charge in [-0.15, -0.1) is 9.79 Å². The second-order valence-corrected chi connectivity index (χ2v) is 7.18. The van der Waals surface area contributed by atoms with Gasteiger partial charge >= 0.3 is 30.0 Å². The molecule has 2 rings (SSSR count). The first kappa shape index (κ1) is 28.1. The van der Waals surface area contributed by atoms with Crippen LogP contribution >= 0.6 is 0 Å². The number of rotatable bonds is 9. The molecule has 1 aliphatic rings. The predicted octanol–water partition coefficient (Wildman–Crippen LogP) is 1.61. The number of hydrogen-bond acceptors (Lipinski definition) is 15. The summed E-state index contributed by atoms with van der Waals surface area (Å²) in [7, 11) is 0. The van der Waals surface area contributed by atoms with Gasteiger partial charge in [0.25, 0.3) is 0 Å². The molecule has 15 nitrogen and oxygen atoms in total. The Labute approximate surface area is 203 Å². The summed E-state index contributed by atoms with van der Waals surface area (Å²) >= 11 is 0. The zero-order valence-corrected chi connectivity index (χ0v) is 19.6. The molecular formula is C21H23NO14. The van der Waals surface area contributed by atoms with Gasteiger partial charge in [-0.05, 0) is 29.4 Å². The van der Waals surface area contributed by atoms with Crippen LogP contribution in [0.5, 0.6) is 5.75 Å². The van der Waals surface area contributed by atoms with Crippen molar-refractivity contribution in [2.75, 3.05) is 6.61 Å². The molecule has 5 atom stereocenters. The maximum absolute atomic E-state index is 12.1. The van der Waals surface area contributed by atoms with Crippen LogP contribution in [0.2, 0.25) is 0 Å². The lowest BCUT2D eigenvalue weighted by molar-refractivity contribution is -0.402. The van der Waals surface area contributed by atoms with Crippen LogP contribution in [0.15, 0.2) is 29.4 Å². The second-order valence-electron chi connectivity index (χ2n) is 7.18. The first-order valence-corrected chi connectivity index (χ1v) is 10.3.